The molecule has 0 saturated carbocycles. The topological polar surface area (TPSA) is 49.9 Å². The first-order valence-electron chi connectivity index (χ1n) is 8.02. The zero-order valence-electron chi connectivity index (χ0n) is 13.2. The van der Waals surface area contributed by atoms with Crippen LogP contribution in [-0.2, 0) is 27.3 Å². The smallest absolute Gasteiger partial charge is 0.232 e. The van der Waals surface area contributed by atoms with E-state index >= 15 is 0 Å². The quantitative estimate of drug-likeness (QED) is 0.829. The number of fused-ring (bicyclic) bond motifs is 1. The highest BCUT2D eigenvalue weighted by molar-refractivity contribution is 8.00. The van der Waals surface area contributed by atoms with E-state index in [9.17, 15) is 9.59 Å². The summed E-state index contributed by atoms with van der Waals surface area (Å²) in [5, 5.41) is 0. The van der Waals surface area contributed by atoms with Gasteiger partial charge in [-0.2, -0.15) is 0 Å². The number of morpholine rings is 1. The minimum Gasteiger partial charge on any atom is -0.378 e. The molecule has 2 amide bonds. The second-order valence-electron chi connectivity index (χ2n) is 5.82. The first-order valence-corrected chi connectivity index (χ1v) is 9.17. The van der Waals surface area contributed by atoms with Gasteiger partial charge in [0.1, 0.15) is 0 Å². The van der Waals surface area contributed by atoms with Gasteiger partial charge in [0, 0.05) is 26.2 Å². The average molecular weight is 334 g/mol. The fourth-order valence-electron chi connectivity index (χ4n) is 2.93. The van der Waals surface area contributed by atoms with Crippen LogP contribution in [0, 0.1) is 0 Å². The summed E-state index contributed by atoms with van der Waals surface area (Å²) in [6, 6.07) is 8.28. The number of carbonyl (C=O) groups is 2. The third-order valence-corrected chi connectivity index (χ3v) is 5.20. The molecule has 0 bridgehead atoms. The van der Waals surface area contributed by atoms with Gasteiger partial charge in [0.25, 0.3) is 0 Å². The highest BCUT2D eigenvalue weighted by Gasteiger charge is 2.21. The standard InChI is InChI=1S/C17H22N2O3S/c20-16(18-7-9-22-10-8-18)12-23-13-17(21)19-6-5-14-3-1-2-4-15(14)11-19/h1-4H,5-13H2. The minimum atomic E-state index is 0.107. The number of ether oxygens (including phenoxy) is 1. The molecule has 0 atom stereocenters. The molecule has 0 unspecified atom stereocenters. The molecule has 1 aromatic rings. The van der Waals surface area contributed by atoms with Gasteiger partial charge >= 0.3 is 0 Å². The number of hydrogen-bond acceptors (Lipinski definition) is 4. The molecule has 0 aliphatic carbocycles. The van der Waals surface area contributed by atoms with Gasteiger partial charge in [-0.05, 0) is 17.5 Å². The first-order chi connectivity index (χ1) is 11.2. The SMILES string of the molecule is O=C(CSCC(=O)N1CCc2ccccc2C1)N1CCOCC1. The summed E-state index contributed by atoms with van der Waals surface area (Å²) in [7, 11) is 0. The lowest BCUT2D eigenvalue weighted by atomic mass is 10.00. The van der Waals surface area contributed by atoms with Gasteiger partial charge in [0.15, 0.2) is 0 Å². The predicted molar refractivity (Wildman–Crippen MR) is 90.3 cm³/mol. The van der Waals surface area contributed by atoms with E-state index in [0.717, 1.165) is 13.0 Å². The largest absolute Gasteiger partial charge is 0.378 e. The Labute approximate surface area is 141 Å². The molecule has 0 spiro atoms. The molecule has 0 N–H and O–H groups in total. The molecular formula is C17H22N2O3S. The lowest BCUT2D eigenvalue weighted by Gasteiger charge is -2.29. The van der Waals surface area contributed by atoms with Crippen molar-refractivity contribution in [2.75, 3.05) is 44.4 Å². The first kappa shape index (κ1) is 16.3. The molecule has 23 heavy (non-hydrogen) atoms. The van der Waals surface area contributed by atoms with Gasteiger partial charge in [-0.1, -0.05) is 24.3 Å². The van der Waals surface area contributed by atoms with Crippen molar-refractivity contribution in [3.05, 3.63) is 35.4 Å². The van der Waals surface area contributed by atoms with E-state index in [1.165, 1.54) is 22.9 Å². The minimum absolute atomic E-state index is 0.107. The lowest BCUT2D eigenvalue weighted by molar-refractivity contribution is -0.132. The summed E-state index contributed by atoms with van der Waals surface area (Å²) in [5.74, 6) is 0.975. The number of amides is 2. The van der Waals surface area contributed by atoms with Crippen molar-refractivity contribution < 1.29 is 14.3 Å². The average Bonchev–Trinajstić information content (AvgIpc) is 2.61. The van der Waals surface area contributed by atoms with Crippen molar-refractivity contribution >= 4 is 23.6 Å². The molecule has 2 aliphatic rings. The van der Waals surface area contributed by atoms with Crippen LogP contribution in [0.15, 0.2) is 24.3 Å². The molecule has 0 aromatic heterocycles. The molecule has 1 saturated heterocycles. The Morgan fingerprint density at radius 3 is 2.35 bits per heavy atom. The van der Waals surface area contributed by atoms with Gasteiger partial charge in [-0.3, -0.25) is 9.59 Å². The van der Waals surface area contributed by atoms with Crippen molar-refractivity contribution in [3.63, 3.8) is 0 Å². The Morgan fingerprint density at radius 1 is 0.957 bits per heavy atom. The fraction of sp³-hybridized carbons (Fsp3) is 0.529. The van der Waals surface area contributed by atoms with Gasteiger partial charge in [0.05, 0.1) is 24.7 Å². The molecule has 2 aliphatic heterocycles. The number of carbonyl (C=O) groups excluding carboxylic acids is 2. The molecule has 1 fully saturated rings. The van der Waals surface area contributed by atoms with Crippen LogP contribution in [0.25, 0.3) is 0 Å². The maximum atomic E-state index is 12.3. The maximum absolute atomic E-state index is 12.3. The monoisotopic (exact) mass is 334 g/mol. The zero-order valence-corrected chi connectivity index (χ0v) is 14.0. The van der Waals surface area contributed by atoms with Crippen LogP contribution in [0.3, 0.4) is 0 Å². The Kier molecular flexibility index (Phi) is 5.56. The molecular weight excluding hydrogens is 312 g/mol. The molecule has 3 rings (SSSR count). The molecule has 1 aromatic carbocycles. The summed E-state index contributed by atoms with van der Waals surface area (Å²) >= 11 is 1.41. The van der Waals surface area contributed by atoms with Crippen LogP contribution in [0.5, 0.6) is 0 Å². The van der Waals surface area contributed by atoms with E-state index in [0.29, 0.717) is 44.4 Å². The Balaban J connectivity index is 1.42. The molecule has 124 valence electrons. The van der Waals surface area contributed by atoms with E-state index in [4.69, 9.17) is 4.74 Å². The van der Waals surface area contributed by atoms with Gasteiger partial charge in [0.2, 0.25) is 11.8 Å². The van der Waals surface area contributed by atoms with Crippen molar-refractivity contribution in [1.29, 1.82) is 0 Å². The normalized spacial score (nSPS) is 17.7. The van der Waals surface area contributed by atoms with Crippen LogP contribution in [0.1, 0.15) is 11.1 Å². The Morgan fingerprint density at radius 2 is 1.61 bits per heavy atom. The summed E-state index contributed by atoms with van der Waals surface area (Å²) in [6.45, 7) is 4.01. The molecule has 5 nitrogen and oxygen atoms in total. The van der Waals surface area contributed by atoms with Gasteiger partial charge < -0.3 is 14.5 Å². The third kappa shape index (κ3) is 4.26. The third-order valence-electron chi connectivity index (χ3n) is 4.30. The number of rotatable bonds is 4. The Bertz CT molecular complexity index is 573. The number of hydrogen-bond donors (Lipinski definition) is 0. The number of nitrogens with zero attached hydrogens (tertiary/aromatic N) is 2. The zero-order chi connectivity index (χ0) is 16.1. The summed E-state index contributed by atoms with van der Waals surface area (Å²) in [5.41, 5.74) is 2.58. The molecule has 6 heteroatoms. The predicted octanol–water partition coefficient (Wildman–Crippen LogP) is 1.16. The van der Waals surface area contributed by atoms with Crippen LogP contribution in [-0.4, -0.2) is 66.0 Å². The second kappa shape index (κ2) is 7.84. The van der Waals surface area contributed by atoms with Crippen molar-refractivity contribution in [3.8, 4) is 0 Å². The summed E-state index contributed by atoms with van der Waals surface area (Å²) in [6.07, 6.45) is 0.916. The van der Waals surface area contributed by atoms with E-state index in [1.54, 1.807) is 0 Å². The van der Waals surface area contributed by atoms with E-state index < -0.39 is 0 Å². The molecule has 0 radical (unpaired) electrons. The second-order valence-corrected chi connectivity index (χ2v) is 6.81. The van der Waals surface area contributed by atoms with Crippen LogP contribution < -0.4 is 0 Å². The van der Waals surface area contributed by atoms with E-state index in [2.05, 4.69) is 12.1 Å². The van der Waals surface area contributed by atoms with Crippen LogP contribution in [0.2, 0.25) is 0 Å². The Hall–Kier alpha value is -1.53. The highest BCUT2D eigenvalue weighted by Crippen LogP contribution is 2.19. The maximum Gasteiger partial charge on any atom is 0.232 e. The summed E-state index contributed by atoms with van der Waals surface area (Å²) in [4.78, 5) is 28.1. The summed E-state index contributed by atoms with van der Waals surface area (Å²) < 4.78 is 5.24. The number of thioether (sulfide) groups is 1. The highest BCUT2D eigenvalue weighted by atomic mass is 32.2. The number of benzene rings is 1. The van der Waals surface area contributed by atoms with E-state index in [1.807, 2.05) is 21.9 Å². The van der Waals surface area contributed by atoms with Crippen molar-refractivity contribution in [2.24, 2.45) is 0 Å². The lowest BCUT2D eigenvalue weighted by Crippen LogP contribution is -2.42. The molecule has 2 heterocycles. The fourth-order valence-corrected chi connectivity index (χ4v) is 3.75. The van der Waals surface area contributed by atoms with Crippen molar-refractivity contribution in [1.82, 2.24) is 9.80 Å². The van der Waals surface area contributed by atoms with Crippen LogP contribution in [0.4, 0.5) is 0 Å². The van der Waals surface area contributed by atoms with Crippen LogP contribution >= 0.6 is 11.8 Å². The van der Waals surface area contributed by atoms with E-state index in [-0.39, 0.29) is 11.8 Å². The van der Waals surface area contributed by atoms with Crippen molar-refractivity contribution in [2.45, 2.75) is 13.0 Å². The van der Waals surface area contributed by atoms with Gasteiger partial charge in [-0.25, -0.2) is 0 Å². The van der Waals surface area contributed by atoms with Gasteiger partial charge in [-0.15, -0.1) is 11.8 Å².